The minimum Gasteiger partial charge on any atom is -0.497 e. The van der Waals surface area contributed by atoms with Gasteiger partial charge >= 0.3 is 11.4 Å². The molecule has 3 heterocycles. The summed E-state index contributed by atoms with van der Waals surface area (Å²) < 4.78 is 20.2. The molecule has 13 nitrogen and oxygen atoms in total. The molecule has 0 saturated carbocycles. The summed E-state index contributed by atoms with van der Waals surface area (Å²) in [5.41, 5.74) is 1.15. The van der Waals surface area contributed by atoms with Gasteiger partial charge in [0.15, 0.2) is 5.82 Å². The highest BCUT2D eigenvalue weighted by Gasteiger charge is 2.28. The van der Waals surface area contributed by atoms with Gasteiger partial charge in [0.1, 0.15) is 17.7 Å². The zero-order valence-corrected chi connectivity index (χ0v) is 22.4. The van der Waals surface area contributed by atoms with E-state index in [1.165, 1.54) is 20.1 Å². The van der Waals surface area contributed by atoms with Crippen LogP contribution in [0.25, 0.3) is 11.5 Å². The van der Waals surface area contributed by atoms with Crippen molar-refractivity contribution in [3.8, 4) is 23.0 Å². The first kappa shape index (κ1) is 27.1. The van der Waals surface area contributed by atoms with Crippen LogP contribution < -0.4 is 15.2 Å². The number of methoxy groups -OCH3 is 2. The molecule has 0 radical (unpaired) electrons. The average molecular weight is 550 g/mol. The van der Waals surface area contributed by atoms with E-state index in [0.29, 0.717) is 44.3 Å². The van der Waals surface area contributed by atoms with Gasteiger partial charge in [0.2, 0.25) is 5.69 Å². The Morgan fingerprint density at radius 3 is 2.08 bits per heavy atom. The van der Waals surface area contributed by atoms with Crippen molar-refractivity contribution < 1.29 is 19.1 Å². The highest BCUT2D eigenvalue weighted by atomic mass is 16.6. The average Bonchev–Trinajstić information content (AvgIpc) is 3.54. The standard InChI is InChI=1S/C27H31N7O6/c1-38-22-7-3-20(4-8-22)17-31-19-24(34(36)37)25(28-31)26-29-33(12-11-30-13-15-40-16-14-30)27(35)32(26)18-21-5-9-23(39-2)10-6-21/h3-10,19H,11-18H2,1-2H3. The van der Waals surface area contributed by atoms with Crippen LogP contribution in [0.5, 0.6) is 11.5 Å². The van der Waals surface area contributed by atoms with E-state index in [0.717, 1.165) is 24.2 Å². The number of benzene rings is 2. The second-order valence-electron chi connectivity index (χ2n) is 9.38. The molecule has 0 unspecified atom stereocenters. The molecule has 0 aliphatic carbocycles. The summed E-state index contributed by atoms with van der Waals surface area (Å²) in [6, 6.07) is 14.7. The van der Waals surface area contributed by atoms with Crippen LogP contribution in [-0.2, 0) is 24.4 Å². The third-order valence-electron chi connectivity index (χ3n) is 6.81. The molecule has 5 rings (SSSR count). The third kappa shape index (κ3) is 6.05. The van der Waals surface area contributed by atoms with Crippen molar-refractivity contribution >= 4 is 5.69 Å². The maximum atomic E-state index is 13.6. The number of aromatic nitrogens is 5. The van der Waals surface area contributed by atoms with E-state index in [9.17, 15) is 14.9 Å². The summed E-state index contributed by atoms with van der Waals surface area (Å²) in [5.74, 6) is 1.54. The summed E-state index contributed by atoms with van der Waals surface area (Å²) in [7, 11) is 3.17. The Kier molecular flexibility index (Phi) is 8.22. The molecule has 13 heteroatoms. The molecule has 0 bridgehead atoms. The Labute approximate surface area is 230 Å². The summed E-state index contributed by atoms with van der Waals surface area (Å²) in [6.45, 7) is 4.24. The largest absolute Gasteiger partial charge is 0.497 e. The van der Waals surface area contributed by atoms with Crippen molar-refractivity contribution in [3.63, 3.8) is 0 Å². The minimum absolute atomic E-state index is 0.0363. The highest BCUT2D eigenvalue weighted by Crippen LogP contribution is 2.27. The van der Waals surface area contributed by atoms with Crippen molar-refractivity contribution in [2.75, 3.05) is 47.1 Å². The SMILES string of the molecule is COc1ccc(Cn2cc([N+](=O)[O-])c(-c3nn(CCN4CCOCC4)c(=O)n3Cc3ccc(OC)cc3)n2)cc1. The number of nitrogens with zero attached hydrogens (tertiary/aromatic N) is 7. The summed E-state index contributed by atoms with van der Waals surface area (Å²) >= 11 is 0. The minimum atomic E-state index is -0.498. The van der Waals surface area contributed by atoms with Crippen LogP contribution in [0.3, 0.4) is 0 Å². The topological polar surface area (TPSA) is 132 Å². The number of ether oxygens (including phenoxy) is 3. The molecule has 0 N–H and O–H groups in total. The second kappa shape index (κ2) is 12.1. The van der Waals surface area contributed by atoms with Crippen LogP contribution in [0.1, 0.15) is 11.1 Å². The van der Waals surface area contributed by atoms with E-state index < -0.39 is 4.92 Å². The molecule has 0 spiro atoms. The lowest BCUT2D eigenvalue weighted by atomic mass is 10.2. The summed E-state index contributed by atoms with van der Waals surface area (Å²) in [5, 5.41) is 21.2. The van der Waals surface area contributed by atoms with E-state index in [1.54, 1.807) is 26.4 Å². The van der Waals surface area contributed by atoms with Gasteiger partial charge in [-0.3, -0.25) is 24.3 Å². The smallest absolute Gasteiger partial charge is 0.346 e. The van der Waals surface area contributed by atoms with Crippen molar-refractivity contribution in [2.45, 2.75) is 19.6 Å². The van der Waals surface area contributed by atoms with Gasteiger partial charge in [-0.15, -0.1) is 5.10 Å². The quantitative estimate of drug-likeness (QED) is 0.204. The van der Waals surface area contributed by atoms with Gasteiger partial charge < -0.3 is 14.2 Å². The monoisotopic (exact) mass is 549 g/mol. The van der Waals surface area contributed by atoms with Crippen LogP contribution >= 0.6 is 0 Å². The molecular formula is C27H31N7O6. The lowest BCUT2D eigenvalue weighted by molar-refractivity contribution is -0.384. The molecule has 210 valence electrons. The van der Waals surface area contributed by atoms with Gasteiger partial charge in [0.05, 0.1) is 52.0 Å². The number of hydrogen-bond acceptors (Lipinski definition) is 9. The number of rotatable bonds is 11. The Balaban J connectivity index is 1.51. The number of nitro groups is 1. The van der Waals surface area contributed by atoms with Crippen molar-refractivity contribution in [1.29, 1.82) is 0 Å². The van der Waals surface area contributed by atoms with Crippen LogP contribution in [-0.4, -0.2) is 81.0 Å². The van der Waals surface area contributed by atoms with Gasteiger partial charge in [0, 0.05) is 19.6 Å². The van der Waals surface area contributed by atoms with Gasteiger partial charge in [-0.1, -0.05) is 24.3 Å². The highest BCUT2D eigenvalue weighted by molar-refractivity contribution is 5.62. The molecule has 2 aromatic carbocycles. The van der Waals surface area contributed by atoms with Crippen molar-refractivity contribution in [3.05, 3.63) is 86.5 Å². The molecule has 1 aliphatic heterocycles. The maximum Gasteiger partial charge on any atom is 0.346 e. The van der Waals surface area contributed by atoms with Gasteiger partial charge in [-0.05, 0) is 35.4 Å². The van der Waals surface area contributed by atoms with E-state index >= 15 is 0 Å². The summed E-state index contributed by atoms with van der Waals surface area (Å²) in [6.07, 6.45) is 1.37. The van der Waals surface area contributed by atoms with Crippen LogP contribution in [0.2, 0.25) is 0 Å². The Bertz CT molecular complexity index is 1500. The van der Waals surface area contributed by atoms with Crippen LogP contribution in [0, 0.1) is 10.1 Å². The van der Waals surface area contributed by atoms with E-state index in [2.05, 4.69) is 15.1 Å². The Morgan fingerprint density at radius 1 is 0.900 bits per heavy atom. The molecule has 0 atom stereocenters. The molecule has 1 saturated heterocycles. The predicted octanol–water partition coefficient (Wildman–Crippen LogP) is 2.26. The number of hydrogen-bond donors (Lipinski definition) is 0. The zero-order chi connectivity index (χ0) is 28.1. The van der Waals surface area contributed by atoms with Crippen LogP contribution in [0.4, 0.5) is 5.69 Å². The second-order valence-corrected chi connectivity index (χ2v) is 9.38. The lowest BCUT2D eigenvalue weighted by Crippen LogP contribution is -2.39. The summed E-state index contributed by atoms with van der Waals surface area (Å²) in [4.78, 5) is 27.4. The third-order valence-corrected chi connectivity index (χ3v) is 6.81. The maximum absolute atomic E-state index is 13.6. The molecule has 0 amide bonds. The van der Waals surface area contributed by atoms with Gasteiger partial charge in [0.25, 0.3) is 0 Å². The fourth-order valence-corrected chi connectivity index (χ4v) is 4.58. The Hall–Kier alpha value is -4.49. The van der Waals surface area contributed by atoms with E-state index in [4.69, 9.17) is 14.2 Å². The van der Waals surface area contributed by atoms with E-state index in [1.807, 2.05) is 36.4 Å². The molecule has 1 fully saturated rings. The molecule has 4 aromatic rings. The molecular weight excluding hydrogens is 518 g/mol. The first-order valence-electron chi connectivity index (χ1n) is 12.9. The predicted molar refractivity (Wildman–Crippen MR) is 146 cm³/mol. The Morgan fingerprint density at radius 2 is 1.50 bits per heavy atom. The lowest BCUT2D eigenvalue weighted by Gasteiger charge is -2.26. The molecule has 1 aliphatic rings. The zero-order valence-electron chi connectivity index (χ0n) is 22.4. The van der Waals surface area contributed by atoms with E-state index in [-0.39, 0.29) is 29.4 Å². The number of morpholine rings is 1. The van der Waals surface area contributed by atoms with Gasteiger partial charge in [-0.2, -0.15) is 5.10 Å². The molecule has 2 aromatic heterocycles. The normalized spacial score (nSPS) is 13.8. The van der Waals surface area contributed by atoms with Crippen molar-refractivity contribution in [1.82, 2.24) is 29.0 Å². The first-order chi connectivity index (χ1) is 19.4. The fourth-order valence-electron chi connectivity index (χ4n) is 4.58. The first-order valence-corrected chi connectivity index (χ1v) is 12.9. The van der Waals surface area contributed by atoms with Crippen LogP contribution in [0.15, 0.2) is 59.5 Å². The fraction of sp³-hybridized carbons (Fsp3) is 0.370. The van der Waals surface area contributed by atoms with Crippen molar-refractivity contribution in [2.24, 2.45) is 0 Å². The van der Waals surface area contributed by atoms with Gasteiger partial charge in [-0.25, -0.2) is 9.48 Å². The molecule has 40 heavy (non-hydrogen) atoms.